The van der Waals surface area contributed by atoms with E-state index in [9.17, 15) is 0 Å². The maximum atomic E-state index is 8.58. The molecule has 1 atom stereocenters. The highest BCUT2D eigenvalue weighted by Gasteiger charge is 2.06. The molecule has 0 saturated heterocycles. The normalized spacial score (nSPS) is 12.1. The second-order valence-corrected chi connectivity index (χ2v) is 3.82. The third-order valence-electron chi connectivity index (χ3n) is 2.05. The average Bonchev–Trinajstić information content (AvgIpc) is 2.51. The molecule has 2 nitrogen and oxygen atoms in total. The SMILES string of the molecule is CCC(CC#N)Nc1cscc1C. The van der Waals surface area contributed by atoms with Crippen LogP contribution in [0.2, 0.25) is 0 Å². The number of hydrogen-bond donors (Lipinski definition) is 1. The quantitative estimate of drug-likeness (QED) is 0.799. The van der Waals surface area contributed by atoms with Crippen molar-refractivity contribution in [2.45, 2.75) is 32.7 Å². The first-order chi connectivity index (χ1) is 6.27. The lowest BCUT2D eigenvalue weighted by Crippen LogP contribution is -2.17. The maximum absolute atomic E-state index is 8.58. The molecule has 3 heteroatoms. The Labute approximate surface area is 83.2 Å². The lowest BCUT2D eigenvalue weighted by atomic mass is 10.1. The molecule has 0 aliphatic heterocycles. The third kappa shape index (κ3) is 2.74. The van der Waals surface area contributed by atoms with Crippen LogP contribution in [0.4, 0.5) is 5.69 Å². The highest BCUT2D eigenvalue weighted by molar-refractivity contribution is 7.08. The van der Waals surface area contributed by atoms with E-state index in [1.165, 1.54) is 11.3 Å². The van der Waals surface area contributed by atoms with Gasteiger partial charge in [-0.25, -0.2) is 0 Å². The zero-order chi connectivity index (χ0) is 9.68. The number of nitrogens with one attached hydrogen (secondary N) is 1. The monoisotopic (exact) mass is 194 g/mol. The Morgan fingerprint density at radius 1 is 1.62 bits per heavy atom. The number of nitrogens with zero attached hydrogens (tertiary/aromatic N) is 1. The van der Waals surface area contributed by atoms with Crippen LogP contribution < -0.4 is 5.32 Å². The largest absolute Gasteiger partial charge is 0.380 e. The molecule has 0 spiro atoms. The Kier molecular flexibility index (Phi) is 3.78. The molecule has 13 heavy (non-hydrogen) atoms. The van der Waals surface area contributed by atoms with Crippen molar-refractivity contribution in [2.24, 2.45) is 0 Å². The van der Waals surface area contributed by atoms with Crippen LogP contribution in [0.15, 0.2) is 10.8 Å². The van der Waals surface area contributed by atoms with Gasteiger partial charge in [0.25, 0.3) is 0 Å². The summed E-state index contributed by atoms with van der Waals surface area (Å²) in [5.74, 6) is 0. The van der Waals surface area contributed by atoms with Crippen molar-refractivity contribution in [1.29, 1.82) is 5.26 Å². The van der Waals surface area contributed by atoms with E-state index >= 15 is 0 Å². The minimum Gasteiger partial charge on any atom is -0.380 e. The second-order valence-electron chi connectivity index (χ2n) is 3.08. The van der Waals surface area contributed by atoms with Crippen LogP contribution in [-0.2, 0) is 0 Å². The fraction of sp³-hybridized carbons (Fsp3) is 0.500. The molecular formula is C10H14N2S. The molecule has 1 N–H and O–H groups in total. The zero-order valence-electron chi connectivity index (χ0n) is 8.00. The molecule has 0 aliphatic rings. The van der Waals surface area contributed by atoms with E-state index in [4.69, 9.17) is 5.26 Å². The van der Waals surface area contributed by atoms with Crippen molar-refractivity contribution in [1.82, 2.24) is 0 Å². The van der Waals surface area contributed by atoms with Crippen LogP contribution in [-0.4, -0.2) is 6.04 Å². The second kappa shape index (κ2) is 4.88. The van der Waals surface area contributed by atoms with Gasteiger partial charge in [0.1, 0.15) is 0 Å². The molecule has 1 heterocycles. The van der Waals surface area contributed by atoms with Gasteiger partial charge in [0.2, 0.25) is 0 Å². The van der Waals surface area contributed by atoms with Crippen molar-refractivity contribution in [3.05, 3.63) is 16.3 Å². The summed E-state index contributed by atoms with van der Waals surface area (Å²) in [6.45, 7) is 4.18. The molecule has 0 aliphatic carbocycles. The summed E-state index contributed by atoms with van der Waals surface area (Å²) in [5.41, 5.74) is 2.44. The highest BCUT2D eigenvalue weighted by atomic mass is 32.1. The molecule has 1 unspecified atom stereocenters. The molecule has 1 aromatic heterocycles. The van der Waals surface area contributed by atoms with E-state index in [1.807, 2.05) is 0 Å². The number of rotatable bonds is 4. The molecule has 0 fully saturated rings. The number of thiophene rings is 1. The summed E-state index contributed by atoms with van der Waals surface area (Å²) >= 11 is 1.69. The van der Waals surface area contributed by atoms with Crippen molar-refractivity contribution in [3.8, 4) is 6.07 Å². The Balaban J connectivity index is 2.57. The Morgan fingerprint density at radius 2 is 2.38 bits per heavy atom. The minimum atomic E-state index is 0.290. The predicted octanol–water partition coefficient (Wildman–Crippen LogP) is 3.16. The van der Waals surface area contributed by atoms with Gasteiger partial charge in [-0.15, -0.1) is 11.3 Å². The van der Waals surface area contributed by atoms with E-state index in [-0.39, 0.29) is 0 Å². The summed E-state index contributed by atoms with van der Waals surface area (Å²) in [6.07, 6.45) is 1.56. The summed E-state index contributed by atoms with van der Waals surface area (Å²) in [6, 6.07) is 2.48. The van der Waals surface area contributed by atoms with E-state index < -0.39 is 0 Å². The van der Waals surface area contributed by atoms with Crippen molar-refractivity contribution in [3.63, 3.8) is 0 Å². The lowest BCUT2D eigenvalue weighted by molar-refractivity contribution is 0.711. The summed E-state index contributed by atoms with van der Waals surface area (Å²) in [5, 5.41) is 16.1. The van der Waals surface area contributed by atoms with Crippen LogP contribution in [0.1, 0.15) is 25.3 Å². The van der Waals surface area contributed by atoms with Crippen LogP contribution in [0.25, 0.3) is 0 Å². The highest BCUT2D eigenvalue weighted by Crippen LogP contribution is 2.21. The third-order valence-corrected chi connectivity index (χ3v) is 2.91. The fourth-order valence-corrected chi connectivity index (χ4v) is 1.93. The van der Waals surface area contributed by atoms with Gasteiger partial charge in [0.05, 0.1) is 12.5 Å². The smallest absolute Gasteiger partial charge is 0.0643 e. The van der Waals surface area contributed by atoms with Crippen LogP contribution in [0.5, 0.6) is 0 Å². The number of anilines is 1. The van der Waals surface area contributed by atoms with E-state index in [0.717, 1.165) is 6.42 Å². The Hall–Kier alpha value is -1.01. The van der Waals surface area contributed by atoms with Crippen LogP contribution >= 0.6 is 11.3 Å². The Bertz CT molecular complexity index is 298. The summed E-state index contributed by atoms with van der Waals surface area (Å²) < 4.78 is 0. The fourth-order valence-electron chi connectivity index (χ4n) is 1.14. The van der Waals surface area contributed by atoms with Crippen LogP contribution in [0.3, 0.4) is 0 Å². The maximum Gasteiger partial charge on any atom is 0.0643 e. The van der Waals surface area contributed by atoms with Gasteiger partial charge in [0.15, 0.2) is 0 Å². The van der Waals surface area contributed by atoms with E-state index in [1.54, 1.807) is 11.3 Å². The minimum absolute atomic E-state index is 0.290. The van der Waals surface area contributed by atoms with Crippen molar-refractivity contribution >= 4 is 17.0 Å². The van der Waals surface area contributed by atoms with Crippen molar-refractivity contribution < 1.29 is 0 Å². The molecule has 1 rings (SSSR count). The van der Waals surface area contributed by atoms with E-state index in [2.05, 4.69) is 36.0 Å². The Morgan fingerprint density at radius 3 is 2.85 bits per heavy atom. The molecule has 0 amide bonds. The number of aryl methyl sites for hydroxylation is 1. The van der Waals surface area contributed by atoms with Crippen LogP contribution in [0, 0.1) is 18.3 Å². The molecule has 0 radical (unpaired) electrons. The number of hydrogen-bond acceptors (Lipinski definition) is 3. The van der Waals surface area contributed by atoms with Gasteiger partial charge in [-0.3, -0.25) is 0 Å². The first kappa shape index (κ1) is 10.1. The molecule has 0 aromatic carbocycles. The van der Waals surface area contributed by atoms with Gasteiger partial charge in [-0.05, 0) is 24.3 Å². The molecule has 1 aromatic rings. The zero-order valence-corrected chi connectivity index (χ0v) is 8.82. The molecular weight excluding hydrogens is 180 g/mol. The first-order valence-corrected chi connectivity index (χ1v) is 5.38. The van der Waals surface area contributed by atoms with Gasteiger partial charge in [0, 0.05) is 17.1 Å². The first-order valence-electron chi connectivity index (χ1n) is 4.44. The number of nitriles is 1. The van der Waals surface area contributed by atoms with Gasteiger partial charge in [-0.1, -0.05) is 6.92 Å². The van der Waals surface area contributed by atoms with Gasteiger partial charge >= 0.3 is 0 Å². The molecule has 0 bridgehead atoms. The lowest BCUT2D eigenvalue weighted by Gasteiger charge is -2.14. The van der Waals surface area contributed by atoms with E-state index in [0.29, 0.717) is 12.5 Å². The topological polar surface area (TPSA) is 35.8 Å². The molecule has 0 saturated carbocycles. The van der Waals surface area contributed by atoms with Gasteiger partial charge in [-0.2, -0.15) is 5.26 Å². The standard InChI is InChI=1S/C10H14N2S/c1-3-9(4-5-11)12-10-7-13-6-8(10)2/h6-7,9,12H,3-4H2,1-2H3. The van der Waals surface area contributed by atoms with Gasteiger partial charge < -0.3 is 5.32 Å². The summed E-state index contributed by atoms with van der Waals surface area (Å²) in [4.78, 5) is 0. The average molecular weight is 194 g/mol. The predicted molar refractivity (Wildman–Crippen MR) is 57.0 cm³/mol. The molecule has 70 valence electrons. The summed E-state index contributed by atoms with van der Waals surface area (Å²) in [7, 11) is 0. The van der Waals surface area contributed by atoms with Crippen molar-refractivity contribution in [2.75, 3.05) is 5.32 Å².